The smallest absolute Gasteiger partial charge is 0.321 e. The number of carbonyl (C=O) groups is 4. The first-order valence-corrected chi connectivity index (χ1v) is 4.61. The molecule has 0 saturated heterocycles. The Morgan fingerprint density at radius 3 is 1.06 bits per heavy atom. The molecule has 0 aromatic rings. The maximum absolute atomic E-state index is 9.99. The average Bonchev–Trinajstić information content (AvgIpc) is 2.16. The van der Waals surface area contributed by atoms with Crippen molar-refractivity contribution in [3.63, 3.8) is 0 Å². The van der Waals surface area contributed by atoms with E-state index in [-0.39, 0.29) is 12.8 Å². The zero-order valence-electron chi connectivity index (χ0n) is 9.41. The van der Waals surface area contributed by atoms with Crippen LogP contribution in [0.5, 0.6) is 0 Å². The summed E-state index contributed by atoms with van der Waals surface area (Å²) >= 11 is 0. The van der Waals surface area contributed by atoms with E-state index in [9.17, 15) is 19.2 Å². The highest BCUT2D eigenvalue weighted by molar-refractivity contribution is 5.83. The minimum Gasteiger partial charge on any atom is -0.480 e. The highest BCUT2D eigenvalue weighted by atomic mass is 16.4. The minimum absolute atomic E-state index is 0.310. The molecule has 0 heterocycles. The Morgan fingerprint density at radius 1 is 0.778 bits per heavy atom. The lowest BCUT2D eigenvalue weighted by atomic mass is 10.2. The number of amides is 2. The zero-order chi connectivity index (χ0) is 14.9. The number of hydrogen-bond donors (Lipinski definition) is 6. The predicted molar refractivity (Wildman–Crippen MR) is 58.8 cm³/mol. The first kappa shape index (κ1) is 18.2. The summed E-state index contributed by atoms with van der Waals surface area (Å²) in [4.78, 5) is 39.8. The molecule has 0 spiro atoms. The molecule has 0 fully saturated rings. The van der Waals surface area contributed by atoms with E-state index in [2.05, 4.69) is 11.5 Å². The first-order chi connectivity index (χ1) is 8.07. The Hall–Kier alpha value is -2.20. The summed E-state index contributed by atoms with van der Waals surface area (Å²) in [7, 11) is 0. The standard InChI is InChI=1S/2C4H8N2O3/c2*5-2(4(8)9)1-3(6)7/h2*2H,1,5H2,(H2,6,7)(H,8,9)/t2*2-/m11/s1. The molecule has 10 N–H and O–H groups in total. The van der Waals surface area contributed by atoms with Gasteiger partial charge in [-0.3, -0.25) is 19.2 Å². The lowest BCUT2D eigenvalue weighted by molar-refractivity contribution is -0.140. The van der Waals surface area contributed by atoms with Crippen LogP contribution in [0.15, 0.2) is 0 Å². The van der Waals surface area contributed by atoms with Gasteiger partial charge in [0.15, 0.2) is 0 Å². The van der Waals surface area contributed by atoms with Gasteiger partial charge in [0.05, 0.1) is 12.8 Å². The van der Waals surface area contributed by atoms with Gasteiger partial charge in [0.25, 0.3) is 0 Å². The summed E-state index contributed by atoms with van der Waals surface area (Å²) in [5, 5.41) is 16.2. The van der Waals surface area contributed by atoms with Gasteiger partial charge < -0.3 is 33.1 Å². The third kappa shape index (κ3) is 11.9. The van der Waals surface area contributed by atoms with Crippen LogP contribution in [0.4, 0.5) is 0 Å². The first-order valence-electron chi connectivity index (χ1n) is 4.61. The Kier molecular flexibility index (Phi) is 8.98. The van der Waals surface area contributed by atoms with Crippen molar-refractivity contribution >= 4 is 23.8 Å². The zero-order valence-corrected chi connectivity index (χ0v) is 9.41. The maximum Gasteiger partial charge on any atom is 0.321 e. The average molecular weight is 264 g/mol. The van der Waals surface area contributed by atoms with E-state index < -0.39 is 35.8 Å². The summed E-state index contributed by atoms with van der Waals surface area (Å²) in [6.45, 7) is 0. The molecule has 0 bridgehead atoms. The van der Waals surface area contributed by atoms with E-state index in [1.54, 1.807) is 0 Å². The van der Waals surface area contributed by atoms with Gasteiger partial charge in [-0.05, 0) is 0 Å². The molecule has 0 radical (unpaired) electrons. The van der Waals surface area contributed by atoms with Gasteiger partial charge >= 0.3 is 11.9 Å². The van der Waals surface area contributed by atoms with Gasteiger partial charge in [0.2, 0.25) is 11.8 Å². The molecule has 10 heteroatoms. The monoisotopic (exact) mass is 264 g/mol. The largest absolute Gasteiger partial charge is 0.480 e. The molecule has 2 amide bonds. The summed E-state index contributed by atoms with van der Waals surface area (Å²) < 4.78 is 0. The van der Waals surface area contributed by atoms with E-state index in [1.165, 1.54) is 0 Å². The van der Waals surface area contributed by atoms with Crippen LogP contribution in [0.3, 0.4) is 0 Å². The lowest BCUT2D eigenvalue weighted by Crippen LogP contribution is -2.34. The van der Waals surface area contributed by atoms with E-state index in [1.807, 2.05) is 0 Å². The van der Waals surface area contributed by atoms with Crippen molar-refractivity contribution in [2.75, 3.05) is 0 Å². The predicted octanol–water partition coefficient (Wildman–Crippen LogP) is -3.45. The molecule has 0 aromatic carbocycles. The Bertz CT molecular complexity index is 300. The van der Waals surface area contributed by atoms with Crippen LogP contribution in [0, 0.1) is 0 Å². The highest BCUT2D eigenvalue weighted by Gasteiger charge is 2.13. The second kappa shape index (κ2) is 8.90. The third-order valence-corrected chi connectivity index (χ3v) is 1.48. The molecular formula is C8H16N4O6. The molecule has 18 heavy (non-hydrogen) atoms. The second-order valence-electron chi connectivity index (χ2n) is 3.23. The number of nitrogens with two attached hydrogens (primary N) is 4. The molecule has 0 aliphatic carbocycles. The summed E-state index contributed by atoms with van der Waals surface area (Å²) in [6, 6.07) is -2.33. The summed E-state index contributed by atoms with van der Waals surface area (Å²) in [5.41, 5.74) is 19.1. The maximum atomic E-state index is 9.99. The molecule has 0 unspecified atom stereocenters. The SMILES string of the molecule is NC(=O)C[C@@H](N)C(=O)O.NC(=O)C[C@@H](N)C(=O)O. The van der Waals surface area contributed by atoms with Crippen LogP contribution < -0.4 is 22.9 Å². The van der Waals surface area contributed by atoms with Gasteiger partial charge in [0.1, 0.15) is 12.1 Å². The van der Waals surface area contributed by atoms with Gasteiger partial charge in [-0.2, -0.15) is 0 Å². The van der Waals surface area contributed by atoms with E-state index in [0.29, 0.717) is 0 Å². The number of aliphatic carboxylic acids is 2. The quantitative estimate of drug-likeness (QED) is 0.283. The number of hydrogen-bond acceptors (Lipinski definition) is 6. The normalized spacial score (nSPS) is 12.6. The highest BCUT2D eigenvalue weighted by Crippen LogP contribution is 1.85. The molecular weight excluding hydrogens is 248 g/mol. The fourth-order valence-corrected chi connectivity index (χ4v) is 0.608. The van der Waals surface area contributed by atoms with Crippen LogP contribution in [-0.4, -0.2) is 46.0 Å². The molecule has 0 rings (SSSR count). The fraction of sp³-hybridized carbons (Fsp3) is 0.500. The molecule has 2 atom stereocenters. The topological polar surface area (TPSA) is 213 Å². The Balaban J connectivity index is 0. The molecule has 104 valence electrons. The van der Waals surface area contributed by atoms with Gasteiger partial charge in [-0.15, -0.1) is 0 Å². The fourth-order valence-electron chi connectivity index (χ4n) is 0.608. The van der Waals surface area contributed by atoms with Crippen molar-refractivity contribution in [3.05, 3.63) is 0 Å². The van der Waals surface area contributed by atoms with Crippen molar-refractivity contribution in [1.82, 2.24) is 0 Å². The van der Waals surface area contributed by atoms with Crippen molar-refractivity contribution in [2.45, 2.75) is 24.9 Å². The Morgan fingerprint density at radius 2 is 1.00 bits per heavy atom. The number of primary amides is 2. The number of carbonyl (C=O) groups excluding carboxylic acids is 2. The van der Waals surface area contributed by atoms with Gasteiger partial charge in [-0.25, -0.2) is 0 Å². The molecule has 10 nitrogen and oxygen atoms in total. The van der Waals surface area contributed by atoms with Crippen LogP contribution in [-0.2, 0) is 19.2 Å². The van der Waals surface area contributed by atoms with E-state index >= 15 is 0 Å². The van der Waals surface area contributed by atoms with E-state index in [0.717, 1.165) is 0 Å². The summed E-state index contributed by atoms with van der Waals surface area (Å²) in [5.74, 6) is -3.84. The van der Waals surface area contributed by atoms with Crippen molar-refractivity contribution in [1.29, 1.82) is 0 Å². The Labute approximate surface area is 102 Å². The van der Waals surface area contributed by atoms with Crippen LogP contribution in [0.25, 0.3) is 0 Å². The molecule has 0 aromatic heterocycles. The third-order valence-electron chi connectivity index (χ3n) is 1.48. The van der Waals surface area contributed by atoms with Crippen molar-refractivity contribution < 1.29 is 29.4 Å². The van der Waals surface area contributed by atoms with Gasteiger partial charge in [-0.1, -0.05) is 0 Å². The molecule has 0 aliphatic heterocycles. The van der Waals surface area contributed by atoms with Crippen LogP contribution >= 0.6 is 0 Å². The van der Waals surface area contributed by atoms with Crippen molar-refractivity contribution in [3.8, 4) is 0 Å². The van der Waals surface area contributed by atoms with Crippen molar-refractivity contribution in [2.24, 2.45) is 22.9 Å². The van der Waals surface area contributed by atoms with Gasteiger partial charge in [0, 0.05) is 0 Å². The molecule has 0 aliphatic rings. The summed E-state index contributed by atoms with van der Waals surface area (Å²) in [6.07, 6.45) is -0.620. The second-order valence-corrected chi connectivity index (χ2v) is 3.23. The van der Waals surface area contributed by atoms with Crippen LogP contribution in [0.1, 0.15) is 12.8 Å². The molecule has 0 saturated carbocycles. The number of rotatable bonds is 6. The number of carboxylic acids is 2. The lowest BCUT2D eigenvalue weighted by Gasteiger charge is -1.99. The minimum atomic E-state index is -1.21. The number of carboxylic acid groups (broad SMARTS) is 2. The van der Waals surface area contributed by atoms with Crippen LogP contribution in [0.2, 0.25) is 0 Å². The van der Waals surface area contributed by atoms with E-state index in [4.69, 9.17) is 21.7 Å².